The first-order chi connectivity index (χ1) is 6.25. The normalized spacial score (nSPS) is 12.8. The molecule has 0 saturated carbocycles. The molecule has 1 atom stereocenters. The van der Waals surface area contributed by atoms with Gasteiger partial charge in [-0.15, -0.1) is 0 Å². The molecule has 0 spiro atoms. The molecular formula is C11H17NO. The summed E-state index contributed by atoms with van der Waals surface area (Å²) in [5.74, 6) is 0. The van der Waals surface area contributed by atoms with E-state index in [0.717, 1.165) is 13.0 Å². The molecule has 0 aliphatic rings. The standard InChI is InChI=1S/C11H17NO/c1-9-5-3-4-6-10(9)11(12)7-8-13-2/h3-6,11H,7-8,12H2,1-2H3. The van der Waals surface area contributed by atoms with Crippen LogP contribution in [0.25, 0.3) is 0 Å². The molecule has 1 aromatic rings. The molecule has 0 heterocycles. The first kappa shape index (κ1) is 10.2. The Morgan fingerprint density at radius 2 is 2.08 bits per heavy atom. The van der Waals surface area contributed by atoms with Crippen molar-refractivity contribution in [2.75, 3.05) is 13.7 Å². The zero-order chi connectivity index (χ0) is 9.68. The summed E-state index contributed by atoms with van der Waals surface area (Å²) in [7, 11) is 1.70. The van der Waals surface area contributed by atoms with E-state index >= 15 is 0 Å². The summed E-state index contributed by atoms with van der Waals surface area (Å²) in [6.45, 7) is 2.80. The minimum Gasteiger partial charge on any atom is -0.385 e. The number of benzene rings is 1. The van der Waals surface area contributed by atoms with Crippen LogP contribution in [0, 0.1) is 6.92 Å². The van der Waals surface area contributed by atoms with Gasteiger partial charge in [0.1, 0.15) is 0 Å². The van der Waals surface area contributed by atoms with E-state index in [1.807, 2.05) is 12.1 Å². The highest BCUT2D eigenvalue weighted by atomic mass is 16.5. The number of aryl methyl sites for hydroxylation is 1. The molecule has 0 radical (unpaired) electrons. The summed E-state index contributed by atoms with van der Waals surface area (Å²) >= 11 is 0. The lowest BCUT2D eigenvalue weighted by molar-refractivity contribution is 0.188. The van der Waals surface area contributed by atoms with E-state index in [1.54, 1.807) is 7.11 Å². The second-order valence-electron chi connectivity index (χ2n) is 3.24. The van der Waals surface area contributed by atoms with Gasteiger partial charge < -0.3 is 10.5 Å². The Bertz CT molecular complexity index is 260. The van der Waals surface area contributed by atoms with Gasteiger partial charge in [0, 0.05) is 19.8 Å². The van der Waals surface area contributed by atoms with E-state index < -0.39 is 0 Å². The van der Waals surface area contributed by atoms with Crippen LogP contribution in [0.15, 0.2) is 24.3 Å². The van der Waals surface area contributed by atoms with E-state index in [0.29, 0.717) is 0 Å². The zero-order valence-corrected chi connectivity index (χ0v) is 8.29. The van der Waals surface area contributed by atoms with Crippen LogP contribution < -0.4 is 5.73 Å². The summed E-state index contributed by atoms with van der Waals surface area (Å²) in [4.78, 5) is 0. The Labute approximate surface area is 79.7 Å². The van der Waals surface area contributed by atoms with Crippen LogP contribution in [-0.2, 0) is 4.74 Å². The molecule has 13 heavy (non-hydrogen) atoms. The maximum atomic E-state index is 6.00. The molecule has 2 N–H and O–H groups in total. The lowest BCUT2D eigenvalue weighted by Crippen LogP contribution is -2.13. The van der Waals surface area contributed by atoms with Gasteiger partial charge in [0.05, 0.1) is 0 Å². The van der Waals surface area contributed by atoms with Gasteiger partial charge in [0.25, 0.3) is 0 Å². The minimum absolute atomic E-state index is 0.0983. The molecule has 0 amide bonds. The van der Waals surface area contributed by atoms with Crippen LogP contribution in [-0.4, -0.2) is 13.7 Å². The van der Waals surface area contributed by atoms with E-state index in [2.05, 4.69) is 19.1 Å². The molecule has 2 nitrogen and oxygen atoms in total. The Morgan fingerprint density at radius 3 is 2.69 bits per heavy atom. The van der Waals surface area contributed by atoms with Crippen molar-refractivity contribution in [2.45, 2.75) is 19.4 Å². The van der Waals surface area contributed by atoms with Gasteiger partial charge in [0.15, 0.2) is 0 Å². The second-order valence-corrected chi connectivity index (χ2v) is 3.24. The highest BCUT2D eigenvalue weighted by Crippen LogP contribution is 2.17. The van der Waals surface area contributed by atoms with Crippen molar-refractivity contribution in [2.24, 2.45) is 5.73 Å². The van der Waals surface area contributed by atoms with Crippen molar-refractivity contribution in [3.05, 3.63) is 35.4 Å². The summed E-state index contributed by atoms with van der Waals surface area (Å²) in [6, 6.07) is 8.32. The molecule has 2 heteroatoms. The summed E-state index contributed by atoms with van der Waals surface area (Å²) < 4.78 is 4.99. The van der Waals surface area contributed by atoms with Crippen LogP contribution in [0.4, 0.5) is 0 Å². The maximum Gasteiger partial charge on any atom is 0.0480 e. The number of hydrogen-bond acceptors (Lipinski definition) is 2. The smallest absolute Gasteiger partial charge is 0.0480 e. The summed E-state index contributed by atoms with van der Waals surface area (Å²) in [5.41, 5.74) is 8.48. The summed E-state index contributed by atoms with van der Waals surface area (Å²) in [6.07, 6.45) is 0.876. The van der Waals surface area contributed by atoms with Gasteiger partial charge in [-0.2, -0.15) is 0 Å². The molecule has 72 valence electrons. The van der Waals surface area contributed by atoms with Gasteiger partial charge in [-0.05, 0) is 24.5 Å². The fourth-order valence-corrected chi connectivity index (χ4v) is 1.40. The van der Waals surface area contributed by atoms with Gasteiger partial charge >= 0.3 is 0 Å². The van der Waals surface area contributed by atoms with Gasteiger partial charge in [-0.1, -0.05) is 24.3 Å². The molecular weight excluding hydrogens is 162 g/mol. The first-order valence-electron chi connectivity index (χ1n) is 4.55. The predicted molar refractivity (Wildman–Crippen MR) is 54.6 cm³/mol. The fraction of sp³-hybridized carbons (Fsp3) is 0.455. The molecule has 1 rings (SSSR count). The van der Waals surface area contributed by atoms with Crippen LogP contribution in [0.3, 0.4) is 0 Å². The molecule has 0 aliphatic heterocycles. The quantitative estimate of drug-likeness (QED) is 0.767. The number of hydrogen-bond donors (Lipinski definition) is 1. The van der Waals surface area contributed by atoms with Crippen LogP contribution in [0.5, 0.6) is 0 Å². The van der Waals surface area contributed by atoms with Crippen LogP contribution >= 0.6 is 0 Å². The molecule has 1 aromatic carbocycles. The molecule has 0 aliphatic carbocycles. The van der Waals surface area contributed by atoms with Gasteiger partial charge in [0.2, 0.25) is 0 Å². The SMILES string of the molecule is COCCC(N)c1ccccc1C. The minimum atomic E-state index is 0.0983. The van der Waals surface area contributed by atoms with Gasteiger partial charge in [-0.3, -0.25) is 0 Å². The third-order valence-corrected chi connectivity index (χ3v) is 2.22. The topological polar surface area (TPSA) is 35.2 Å². The van der Waals surface area contributed by atoms with Gasteiger partial charge in [-0.25, -0.2) is 0 Å². The first-order valence-corrected chi connectivity index (χ1v) is 4.55. The second kappa shape index (κ2) is 5.00. The fourth-order valence-electron chi connectivity index (χ4n) is 1.40. The zero-order valence-electron chi connectivity index (χ0n) is 8.29. The lowest BCUT2D eigenvalue weighted by atomic mass is 10.00. The van der Waals surface area contributed by atoms with Crippen molar-refractivity contribution in [3.8, 4) is 0 Å². The number of ether oxygens (including phenoxy) is 1. The number of rotatable bonds is 4. The third kappa shape index (κ3) is 2.83. The average Bonchev–Trinajstić information content (AvgIpc) is 2.15. The van der Waals surface area contributed by atoms with Crippen molar-refractivity contribution < 1.29 is 4.74 Å². The van der Waals surface area contributed by atoms with Crippen LogP contribution in [0.2, 0.25) is 0 Å². The van der Waals surface area contributed by atoms with Crippen molar-refractivity contribution >= 4 is 0 Å². The highest BCUT2D eigenvalue weighted by Gasteiger charge is 2.06. The Morgan fingerprint density at radius 1 is 1.38 bits per heavy atom. The third-order valence-electron chi connectivity index (χ3n) is 2.22. The van der Waals surface area contributed by atoms with Crippen molar-refractivity contribution in [3.63, 3.8) is 0 Å². The monoisotopic (exact) mass is 179 g/mol. The molecule has 0 saturated heterocycles. The Kier molecular flexibility index (Phi) is 3.93. The van der Waals surface area contributed by atoms with E-state index in [-0.39, 0.29) is 6.04 Å². The molecule has 0 aromatic heterocycles. The summed E-state index contributed by atoms with van der Waals surface area (Å²) in [5, 5.41) is 0. The van der Waals surface area contributed by atoms with Crippen molar-refractivity contribution in [1.82, 2.24) is 0 Å². The van der Waals surface area contributed by atoms with Crippen LogP contribution in [0.1, 0.15) is 23.6 Å². The van der Waals surface area contributed by atoms with Crippen molar-refractivity contribution in [1.29, 1.82) is 0 Å². The molecule has 0 fully saturated rings. The Hall–Kier alpha value is -0.860. The Balaban J connectivity index is 2.65. The number of methoxy groups -OCH3 is 1. The van der Waals surface area contributed by atoms with E-state index in [4.69, 9.17) is 10.5 Å². The van der Waals surface area contributed by atoms with E-state index in [9.17, 15) is 0 Å². The molecule has 0 bridgehead atoms. The largest absolute Gasteiger partial charge is 0.385 e. The highest BCUT2D eigenvalue weighted by molar-refractivity contribution is 5.28. The number of nitrogens with two attached hydrogens (primary N) is 1. The van der Waals surface area contributed by atoms with E-state index in [1.165, 1.54) is 11.1 Å². The molecule has 1 unspecified atom stereocenters. The average molecular weight is 179 g/mol. The maximum absolute atomic E-state index is 6.00. The predicted octanol–water partition coefficient (Wildman–Crippen LogP) is 2.03. The lowest BCUT2D eigenvalue weighted by Gasteiger charge is -2.13.